The molecule has 4 heteroatoms. The molecule has 0 aromatic carbocycles. The number of anilines is 1. The van der Waals surface area contributed by atoms with Crippen molar-refractivity contribution in [3.63, 3.8) is 0 Å². The topological polar surface area (TPSA) is 65.2 Å². The first-order valence-electron chi connectivity index (χ1n) is 5.69. The van der Waals surface area contributed by atoms with E-state index in [0.717, 1.165) is 6.42 Å². The van der Waals surface area contributed by atoms with Crippen LogP contribution in [0, 0.1) is 12.3 Å². The van der Waals surface area contributed by atoms with E-state index in [0.29, 0.717) is 23.6 Å². The van der Waals surface area contributed by atoms with Gasteiger partial charge in [-0.3, -0.25) is 4.98 Å². The van der Waals surface area contributed by atoms with E-state index >= 15 is 0 Å². The molecule has 0 aliphatic heterocycles. The molecular formula is C13H20N2O2. The molecule has 2 N–H and O–H groups in total. The molecule has 0 atom stereocenters. The predicted molar refractivity (Wildman–Crippen MR) is 67.7 cm³/mol. The number of hydrogen-bond donors (Lipinski definition) is 1. The molecule has 4 nitrogen and oxygen atoms in total. The number of ether oxygens (including phenoxy) is 1. The number of nitrogens with zero attached hydrogens (tertiary/aromatic N) is 1. The Labute approximate surface area is 102 Å². The van der Waals surface area contributed by atoms with Gasteiger partial charge in [-0.2, -0.15) is 0 Å². The number of rotatable bonds is 3. The molecule has 0 amide bonds. The minimum absolute atomic E-state index is 0.156. The number of carbonyl (C=O) groups excluding carboxylic acids is 1. The van der Waals surface area contributed by atoms with E-state index in [1.807, 2.05) is 0 Å². The molecule has 1 rings (SSSR count). The lowest BCUT2D eigenvalue weighted by Crippen LogP contribution is -2.14. The second kappa shape index (κ2) is 5.17. The van der Waals surface area contributed by atoms with Crippen LogP contribution in [0.2, 0.25) is 0 Å². The third kappa shape index (κ3) is 4.43. The maximum Gasteiger partial charge on any atom is 0.340 e. The zero-order valence-electron chi connectivity index (χ0n) is 10.9. The smallest absolute Gasteiger partial charge is 0.340 e. The van der Waals surface area contributed by atoms with Gasteiger partial charge in [0.05, 0.1) is 29.7 Å². The Morgan fingerprint density at radius 1 is 1.47 bits per heavy atom. The summed E-state index contributed by atoms with van der Waals surface area (Å²) in [7, 11) is 0. The average molecular weight is 236 g/mol. The summed E-state index contributed by atoms with van der Waals surface area (Å²) in [5, 5.41) is 0. The number of aryl methyl sites for hydroxylation is 1. The van der Waals surface area contributed by atoms with Crippen LogP contribution in [0.15, 0.2) is 12.3 Å². The fourth-order valence-corrected chi connectivity index (χ4v) is 1.28. The van der Waals surface area contributed by atoms with Crippen molar-refractivity contribution < 1.29 is 9.53 Å². The third-order valence-corrected chi connectivity index (χ3v) is 2.41. The van der Waals surface area contributed by atoms with E-state index in [2.05, 4.69) is 25.8 Å². The third-order valence-electron chi connectivity index (χ3n) is 2.41. The van der Waals surface area contributed by atoms with Gasteiger partial charge >= 0.3 is 5.97 Å². The molecule has 1 heterocycles. The van der Waals surface area contributed by atoms with E-state index in [9.17, 15) is 4.79 Å². The Morgan fingerprint density at radius 3 is 2.71 bits per heavy atom. The van der Waals surface area contributed by atoms with Crippen LogP contribution in [0.3, 0.4) is 0 Å². The molecule has 1 aromatic rings. The van der Waals surface area contributed by atoms with Crippen LogP contribution in [0.4, 0.5) is 5.69 Å². The van der Waals surface area contributed by atoms with Gasteiger partial charge in [-0.05, 0) is 24.8 Å². The maximum absolute atomic E-state index is 11.8. The summed E-state index contributed by atoms with van der Waals surface area (Å²) in [4.78, 5) is 15.8. The lowest BCUT2D eigenvalue weighted by Gasteiger charge is -2.17. The summed E-state index contributed by atoms with van der Waals surface area (Å²) in [5.74, 6) is -0.355. The van der Waals surface area contributed by atoms with Gasteiger partial charge in [-0.1, -0.05) is 20.8 Å². The van der Waals surface area contributed by atoms with Crippen molar-refractivity contribution in [1.82, 2.24) is 4.98 Å². The van der Waals surface area contributed by atoms with Gasteiger partial charge < -0.3 is 10.5 Å². The first-order valence-corrected chi connectivity index (χ1v) is 5.69. The lowest BCUT2D eigenvalue weighted by molar-refractivity contribution is 0.0463. The molecule has 0 spiro atoms. The van der Waals surface area contributed by atoms with Crippen LogP contribution < -0.4 is 5.73 Å². The summed E-state index contributed by atoms with van der Waals surface area (Å²) in [6.07, 6.45) is 2.36. The second-order valence-electron chi connectivity index (χ2n) is 5.35. The normalized spacial score (nSPS) is 11.3. The van der Waals surface area contributed by atoms with Crippen LogP contribution in [0.25, 0.3) is 0 Å². The molecule has 0 radical (unpaired) electrons. The minimum Gasteiger partial charge on any atom is -0.462 e. The van der Waals surface area contributed by atoms with Crippen molar-refractivity contribution in [3.05, 3.63) is 23.5 Å². The molecular weight excluding hydrogens is 216 g/mol. The largest absolute Gasteiger partial charge is 0.462 e. The van der Waals surface area contributed by atoms with Crippen LogP contribution in [0.1, 0.15) is 43.2 Å². The SMILES string of the molecule is Cc1ncc(N)cc1C(=O)OCCC(C)(C)C. The molecule has 94 valence electrons. The van der Waals surface area contributed by atoms with Crippen molar-refractivity contribution in [2.75, 3.05) is 12.3 Å². The van der Waals surface area contributed by atoms with Gasteiger partial charge in [-0.25, -0.2) is 4.79 Å². The standard InChI is InChI=1S/C13H20N2O2/c1-9-11(7-10(14)8-15-9)12(16)17-6-5-13(2,3)4/h7-8H,5-6,14H2,1-4H3. The van der Waals surface area contributed by atoms with Gasteiger partial charge in [0.2, 0.25) is 0 Å². The quantitative estimate of drug-likeness (QED) is 0.819. The van der Waals surface area contributed by atoms with Gasteiger partial charge in [0.25, 0.3) is 0 Å². The predicted octanol–water partition coefficient (Wildman–Crippen LogP) is 2.57. The molecule has 0 fully saturated rings. The van der Waals surface area contributed by atoms with Crippen LogP contribution >= 0.6 is 0 Å². The monoisotopic (exact) mass is 236 g/mol. The summed E-state index contributed by atoms with van der Waals surface area (Å²) < 4.78 is 5.21. The van der Waals surface area contributed by atoms with E-state index in [1.165, 1.54) is 6.20 Å². The summed E-state index contributed by atoms with van der Waals surface area (Å²) in [6.45, 7) is 8.49. The Morgan fingerprint density at radius 2 is 2.12 bits per heavy atom. The minimum atomic E-state index is -0.355. The highest BCUT2D eigenvalue weighted by atomic mass is 16.5. The van der Waals surface area contributed by atoms with Gasteiger partial charge in [0.1, 0.15) is 0 Å². The zero-order chi connectivity index (χ0) is 13.1. The molecule has 1 aromatic heterocycles. The maximum atomic E-state index is 11.8. The van der Waals surface area contributed by atoms with Crippen molar-refractivity contribution in [3.8, 4) is 0 Å². The van der Waals surface area contributed by atoms with Gasteiger partial charge in [-0.15, -0.1) is 0 Å². The van der Waals surface area contributed by atoms with E-state index in [-0.39, 0.29) is 11.4 Å². The van der Waals surface area contributed by atoms with E-state index in [1.54, 1.807) is 13.0 Å². The fraction of sp³-hybridized carbons (Fsp3) is 0.538. The van der Waals surface area contributed by atoms with Crippen molar-refractivity contribution in [2.45, 2.75) is 34.1 Å². The fourth-order valence-electron chi connectivity index (χ4n) is 1.28. The highest BCUT2D eigenvalue weighted by molar-refractivity contribution is 5.91. The van der Waals surface area contributed by atoms with Crippen LogP contribution in [-0.2, 0) is 4.74 Å². The Hall–Kier alpha value is -1.58. The van der Waals surface area contributed by atoms with Crippen molar-refractivity contribution in [1.29, 1.82) is 0 Å². The zero-order valence-corrected chi connectivity index (χ0v) is 10.9. The van der Waals surface area contributed by atoms with Crippen LogP contribution in [0.5, 0.6) is 0 Å². The van der Waals surface area contributed by atoms with E-state index in [4.69, 9.17) is 10.5 Å². The molecule has 0 bridgehead atoms. The lowest BCUT2D eigenvalue weighted by atomic mass is 9.93. The first-order chi connectivity index (χ1) is 7.79. The number of carbonyl (C=O) groups is 1. The second-order valence-corrected chi connectivity index (χ2v) is 5.35. The first kappa shape index (κ1) is 13.5. The van der Waals surface area contributed by atoms with Crippen LogP contribution in [-0.4, -0.2) is 17.6 Å². The number of nitrogen functional groups attached to an aromatic ring is 1. The molecule has 17 heavy (non-hydrogen) atoms. The van der Waals surface area contributed by atoms with Crippen molar-refractivity contribution >= 4 is 11.7 Å². The Kier molecular flexibility index (Phi) is 4.10. The summed E-state index contributed by atoms with van der Waals surface area (Å²) in [5.41, 5.74) is 7.30. The molecule has 0 unspecified atom stereocenters. The molecule has 0 aliphatic rings. The number of pyridine rings is 1. The molecule has 0 aliphatic carbocycles. The number of esters is 1. The van der Waals surface area contributed by atoms with E-state index < -0.39 is 0 Å². The summed E-state index contributed by atoms with van der Waals surface area (Å²) >= 11 is 0. The molecule has 0 saturated carbocycles. The highest BCUT2D eigenvalue weighted by Crippen LogP contribution is 2.18. The van der Waals surface area contributed by atoms with Gasteiger partial charge in [0.15, 0.2) is 0 Å². The Balaban J connectivity index is 2.61. The summed E-state index contributed by atoms with van der Waals surface area (Å²) in [6, 6.07) is 1.60. The molecule has 0 saturated heterocycles. The number of hydrogen-bond acceptors (Lipinski definition) is 4. The number of nitrogens with two attached hydrogens (primary N) is 1. The average Bonchev–Trinajstić information content (AvgIpc) is 2.19. The van der Waals surface area contributed by atoms with Crippen molar-refractivity contribution in [2.24, 2.45) is 5.41 Å². The number of aromatic nitrogens is 1. The highest BCUT2D eigenvalue weighted by Gasteiger charge is 2.14. The Bertz CT molecular complexity index is 408. The van der Waals surface area contributed by atoms with Gasteiger partial charge in [0, 0.05) is 0 Å².